The Morgan fingerprint density at radius 2 is 0.804 bits per heavy atom. The van der Waals surface area contributed by atoms with Crippen LogP contribution in [0.3, 0.4) is 0 Å². The van der Waals surface area contributed by atoms with Gasteiger partial charge in [0.05, 0.1) is 0 Å². The van der Waals surface area contributed by atoms with Crippen molar-refractivity contribution < 1.29 is 4.42 Å². The van der Waals surface area contributed by atoms with Crippen molar-refractivity contribution in [2.45, 2.75) is 0 Å². The molecule has 11 rings (SSSR count). The van der Waals surface area contributed by atoms with E-state index in [1.807, 2.05) is 60.7 Å². The van der Waals surface area contributed by atoms with Gasteiger partial charge in [0.1, 0.15) is 11.2 Å². The van der Waals surface area contributed by atoms with E-state index in [1.54, 1.807) is 0 Å². The first kappa shape index (κ1) is 28.0. The van der Waals surface area contributed by atoms with Crippen LogP contribution in [0.4, 0.5) is 0 Å². The monoisotopic (exact) mass is 649 g/mol. The molecule has 0 spiro atoms. The summed E-state index contributed by atoms with van der Waals surface area (Å²) >= 11 is 0. The Kier molecular flexibility index (Phi) is 5.92. The Hall–Kier alpha value is -6.91. The van der Waals surface area contributed by atoms with Gasteiger partial charge in [-0.3, -0.25) is 0 Å². The molecule has 11 aromatic rings. The first-order valence-corrected chi connectivity index (χ1v) is 17.2. The molecule has 0 bridgehead atoms. The number of nitrogens with zero attached hydrogens (tertiary/aromatic N) is 3. The van der Waals surface area contributed by atoms with Crippen molar-refractivity contribution in [2.75, 3.05) is 0 Å². The maximum Gasteiger partial charge on any atom is 0.164 e. The highest BCUT2D eigenvalue weighted by Crippen LogP contribution is 2.49. The summed E-state index contributed by atoms with van der Waals surface area (Å²) in [7, 11) is 0. The van der Waals surface area contributed by atoms with Crippen molar-refractivity contribution in [1.82, 2.24) is 15.0 Å². The summed E-state index contributed by atoms with van der Waals surface area (Å²) in [5.41, 5.74) is 6.85. The molecule has 0 aliphatic heterocycles. The molecule has 0 saturated carbocycles. The highest BCUT2D eigenvalue weighted by molar-refractivity contribution is 6.37. The lowest BCUT2D eigenvalue weighted by Crippen LogP contribution is -2.00. The van der Waals surface area contributed by atoms with Crippen LogP contribution in [-0.4, -0.2) is 15.0 Å². The van der Waals surface area contributed by atoms with Crippen LogP contribution < -0.4 is 0 Å². The molecule has 0 radical (unpaired) electrons. The predicted octanol–water partition coefficient (Wildman–Crippen LogP) is 12.5. The zero-order valence-electron chi connectivity index (χ0n) is 27.3. The van der Waals surface area contributed by atoms with E-state index in [-0.39, 0.29) is 0 Å². The van der Waals surface area contributed by atoms with Crippen LogP contribution in [0, 0.1) is 0 Å². The summed E-state index contributed by atoms with van der Waals surface area (Å²) in [4.78, 5) is 15.1. The minimum Gasteiger partial charge on any atom is -0.455 e. The van der Waals surface area contributed by atoms with E-state index in [0.29, 0.717) is 17.5 Å². The summed E-state index contributed by atoms with van der Waals surface area (Å²) in [6, 6.07) is 57.2. The van der Waals surface area contributed by atoms with Crippen molar-refractivity contribution in [2.24, 2.45) is 0 Å². The van der Waals surface area contributed by atoms with Gasteiger partial charge < -0.3 is 4.42 Å². The Morgan fingerprint density at radius 1 is 0.314 bits per heavy atom. The van der Waals surface area contributed by atoms with Crippen molar-refractivity contribution in [3.63, 3.8) is 0 Å². The van der Waals surface area contributed by atoms with Crippen LogP contribution in [0.2, 0.25) is 0 Å². The predicted molar refractivity (Wildman–Crippen MR) is 210 cm³/mol. The molecule has 0 amide bonds. The molecule has 0 aliphatic rings. The highest BCUT2D eigenvalue weighted by atomic mass is 16.3. The van der Waals surface area contributed by atoms with Crippen molar-refractivity contribution >= 4 is 65.0 Å². The van der Waals surface area contributed by atoms with Crippen molar-refractivity contribution in [1.29, 1.82) is 0 Å². The second kappa shape index (κ2) is 10.8. The van der Waals surface area contributed by atoms with E-state index >= 15 is 0 Å². The largest absolute Gasteiger partial charge is 0.455 e. The first-order chi connectivity index (χ1) is 25.3. The third-order valence-electron chi connectivity index (χ3n) is 10.3. The zero-order valence-corrected chi connectivity index (χ0v) is 27.3. The Bertz CT molecular complexity index is 3070. The van der Waals surface area contributed by atoms with Gasteiger partial charge in [-0.15, -0.1) is 0 Å². The molecule has 9 aromatic carbocycles. The molecular formula is C47H27N3O. The van der Waals surface area contributed by atoms with E-state index in [9.17, 15) is 0 Å². The molecular weight excluding hydrogens is 623 g/mol. The van der Waals surface area contributed by atoms with Gasteiger partial charge in [-0.2, -0.15) is 0 Å². The fraction of sp³-hybridized carbons (Fsp3) is 0. The fourth-order valence-electron chi connectivity index (χ4n) is 7.97. The number of fused-ring (bicyclic) bond motifs is 6. The molecule has 236 valence electrons. The van der Waals surface area contributed by atoms with Gasteiger partial charge in [-0.1, -0.05) is 146 Å². The van der Waals surface area contributed by atoms with Crippen LogP contribution in [-0.2, 0) is 0 Å². The first-order valence-electron chi connectivity index (χ1n) is 17.2. The molecule has 0 aliphatic carbocycles. The third-order valence-corrected chi connectivity index (χ3v) is 10.3. The topological polar surface area (TPSA) is 51.8 Å². The second-order valence-corrected chi connectivity index (χ2v) is 13.1. The molecule has 0 fully saturated rings. The summed E-state index contributed by atoms with van der Waals surface area (Å²) in [5.74, 6) is 1.92. The molecule has 0 unspecified atom stereocenters. The maximum absolute atomic E-state index is 7.04. The number of hydrogen-bond acceptors (Lipinski definition) is 4. The summed E-state index contributed by atoms with van der Waals surface area (Å²) in [5, 5.41) is 11.7. The molecule has 4 nitrogen and oxygen atoms in total. The normalized spacial score (nSPS) is 11.9. The number of aromatic nitrogens is 3. The van der Waals surface area contributed by atoms with Gasteiger partial charge in [0, 0.05) is 38.4 Å². The molecule has 2 heterocycles. The van der Waals surface area contributed by atoms with E-state index in [0.717, 1.165) is 55.1 Å². The number of benzene rings is 9. The second-order valence-electron chi connectivity index (χ2n) is 13.1. The quantitative estimate of drug-likeness (QED) is 0.141. The van der Waals surface area contributed by atoms with E-state index in [1.165, 1.54) is 37.7 Å². The van der Waals surface area contributed by atoms with Gasteiger partial charge >= 0.3 is 0 Å². The van der Waals surface area contributed by atoms with Crippen LogP contribution in [0.25, 0.3) is 110 Å². The third kappa shape index (κ3) is 4.17. The van der Waals surface area contributed by atoms with Gasteiger partial charge in [0.25, 0.3) is 0 Å². The molecule has 51 heavy (non-hydrogen) atoms. The lowest BCUT2D eigenvalue weighted by molar-refractivity contribution is 0.674. The van der Waals surface area contributed by atoms with E-state index in [2.05, 4.69) is 103 Å². The van der Waals surface area contributed by atoms with Gasteiger partial charge in [-0.05, 0) is 61.5 Å². The van der Waals surface area contributed by atoms with Crippen LogP contribution in [0.15, 0.2) is 168 Å². The maximum atomic E-state index is 7.04. The smallest absolute Gasteiger partial charge is 0.164 e. The van der Waals surface area contributed by atoms with Gasteiger partial charge in [0.15, 0.2) is 17.5 Å². The fourth-order valence-corrected chi connectivity index (χ4v) is 7.97. The summed E-state index contributed by atoms with van der Waals surface area (Å²) < 4.78 is 7.04. The molecule has 0 saturated heterocycles. The average Bonchev–Trinajstić information content (AvgIpc) is 3.62. The average molecular weight is 650 g/mol. The Labute approximate surface area is 292 Å². The summed E-state index contributed by atoms with van der Waals surface area (Å²) in [6.45, 7) is 0. The summed E-state index contributed by atoms with van der Waals surface area (Å²) in [6.07, 6.45) is 0. The molecule has 0 N–H and O–H groups in total. The highest BCUT2D eigenvalue weighted by Gasteiger charge is 2.23. The molecule has 2 aromatic heterocycles. The number of furan rings is 1. The van der Waals surface area contributed by atoms with E-state index < -0.39 is 0 Å². The minimum atomic E-state index is 0.636. The number of rotatable bonds is 4. The van der Waals surface area contributed by atoms with Crippen LogP contribution in [0.5, 0.6) is 0 Å². The Balaban J connectivity index is 1.18. The molecule has 4 heteroatoms. The number of hydrogen-bond donors (Lipinski definition) is 0. The Morgan fingerprint density at radius 3 is 1.49 bits per heavy atom. The standard InChI is InChI=1S/C47H27N3O/c1-3-13-28(14-4-1)45-48-46(29-15-5-2-6-16-29)50-47(49-45)39-26-23-36(32-19-9-11-21-34(32)39)38-25-24-37-33-20-10-12-22-35(33)40-27-30-17-7-8-18-31(30)43-42(40)41(37)44(38)51-43/h1-27H. The van der Waals surface area contributed by atoms with Gasteiger partial charge in [0.2, 0.25) is 0 Å². The lowest BCUT2D eigenvalue weighted by Gasteiger charge is -2.14. The minimum absolute atomic E-state index is 0.636. The SMILES string of the molecule is c1ccc(-c2nc(-c3ccccc3)nc(-c3ccc(-c4ccc5c6ccccc6c6cc7ccccc7c7oc4c5c67)c4ccccc34)n2)cc1. The molecule has 0 atom stereocenters. The van der Waals surface area contributed by atoms with Crippen LogP contribution in [0.1, 0.15) is 0 Å². The van der Waals surface area contributed by atoms with Crippen molar-refractivity contribution in [3.8, 4) is 45.3 Å². The van der Waals surface area contributed by atoms with Gasteiger partial charge in [-0.25, -0.2) is 15.0 Å². The van der Waals surface area contributed by atoms with E-state index in [4.69, 9.17) is 19.4 Å². The zero-order chi connectivity index (χ0) is 33.5. The van der Waals surface area contributed by atoms with Crippen molar-refractivity contribution in [3.05, 3.63) is 164 Å². The lowest BCUT2D eigenvalue weighted by atomic mass is 9.89. The van der Waals surface area contributed by atoms with Crippen LogP contribution >= 0.6 is 0 Å².